The topological polar surface area (TPSA) is 127 Å². The lowest BCUT2D eigenvalue weighted by Gasteiger charge is -2.09. The first-order chi connectivity index (χ1) is 16.2. The molecule has 0 bridgehead atoms. The summed E-state index contributed by atoms with van der Waals surface area (Å²) >= 11 is 0. The Labute approximate surface area is 191 Å². The first-order valence-electron chi connectivity index (χ1n) is 9.38. The van der Waals surface area contributed by atoms with Crippen LogP contribution in [-0.2, 0) is 22.6 Å². The Morgan fingerprint density at radius 1 is 1.06 bits per heavy atom. The number of anilines is 1. The molecule has 0 atom stereocenters. The second-order valence-corrected chi connectivity index (χ2v) is 8.97. The normalized spacial score (nSPS) is 12.8. The lowest BCUT2D eigenvalue weighted by atomic mass is 10.2. The molecule has 0 saturated heterocycles. The highest BCUT2D eigenvalue weighted by molar-refractivity contribution is 7.90. The summed E-state index contributed by atoms with van der Waals surface area (Å²) in [5.74, 6) is -0.437. The van der Waals surface area contributed by atoms with Crippen molar-refractivity contribution in [3.05, 3.63) is 48.2 Å². The summed E-state index contributed by atoms with van der Waals surface area (Å²) in [6.07, 6.45) is -7.06. The van der Waals surface area contributed by atoms with Gasteiger partial charge in [0.1, 0.15) is 11.6 Å². The molecule has 3 heterocycles. The van der Waals surface area contributed by atoms with Crippen molar-refractivity contribution in [2.45, 2.75) is 24.2 Å². The van der Waals surface area contributed by atoms with Crippen LogP contribution in [0.25, 0.3) is 16.9 Å². The number of nitrogens with zero attached hydrogens (tertiary/aromatic N) is 5. The van der Waals surface area contributed by atoms with Gasteiger partial charge in [-0.25, -0.2) is 22.9 Å². The van der Waals surface area contributed by atoms with Crippen LogP contribution in [-0.4, -0.2) is 50.6 Å². The Balaban J connectivity index is 1.58. The van der Waals surface area contributed by atoms with Crippen molar-refractivity contribution < 1.29 is 39.5 Å². The standard InChI is InChI=1S/C18H13F6N7O3S/c1-35(32,33)16-29-14(15-27-7-12(17(19,20)21)31(15)30-16)26-8-13-25-6-11(28-13)9-2-4-10(5-3-9)34-18(22,23)24/h2-7H,8H2,1H3,(H,25,28)(H,26,29,30). The summed E-state index contributed by atoms with van der Waals surface area (Å²) in [5.41, 5.74) is -0.756. The monoisotopic (exact) mass is 521 g/mol. The Hall–Kier alpha value is -3.89. The lowest BCUT2D eigenvalue weighted by molar-refractivity contribution is -0.274. The molecule has 0 aliphatic rings. The molecule has 4 aromatic rings. The maximum absolute atomic E-state index is 13.3. The summed E-state index contributed by atoms with van der Waals surface area (Å²) in [6.45, 7) is -0.140. The highest BCUT2D eigenvalue weighted by atomic mass is 32.2. The molecule has 0 unspecified atom stereocenters. The molecule has 10 nitrogen and oxygen atoms in total. The molecule has 35 heavy (non-hydrogen) atoms. The van der Waals surface area contributed by atoms with Crippen LogP contribution in [0.5, 0.6) is 5.75 Å². The number of alkyl halides is 6. The van der Waals surface area contributed by atoms with Crippen LogP contribution in [0.4, 0.5) is 32.2 Å². The fourth-order valence-corrected chi connectivity index (χ4v) is 3.42. The number of aromatic amines is 1. The van der Waals surface area contributed by atoms with Crippen molar-refractivity contribution in [2.24, 2.45) is 0 Å². The maximum Gasteiger partial charge on any atom is 0.573 e. The third-order valence-electron chi connectivity index (χ3n) is 4.42. The average molecular weight is 521 g/mol. The van der Waals surface area contributed by atoms with Gasteiger partial charge in [0.2, 0.25) is 9.84 Å². The minimum Gasteiger partial charge on any atom is -0.406 e. The summed E-state index contributed by atoms with van der Waals surface area (Å²) in [7, 11) is -4.07. The number of imidazole rings is 2. The van der Waals surface area contributed by atoms with Crippen molar-refractivity contribution in [3.8, 4) is 17.0 Å². The average Bonchev–Trinajstić information content (AvgIpc) is 3.37. The molecular formula is C18H13F6N7O3S. The van der Waals surface area contributed by atoms with Crippen LogP contribution in [0.1, 0.15) is 11.5 Å². The van der Waals surface area contributed by atoms with Crippen LogP contribution in [0.3, 0.4) is 0 Å². The van der Waals surface area contributed by atoms with Crippen LogP contribution in [0, 0.1) is 0 Å². The zero-order valence-electron chi connectivity index (χ0n) is 17.3. The molecule has 17 heteroatoms. The SMILES string of the molecule is CS(=O)(=O)c1nc(NCc2ncc(-c3ccc(OC(F)(F)F)cc3)[nH]2)c2ncc(C(F)(F)F)n2n1. The van der Waals surface area contributed by atoms with Gasteiger partial charge in [0, 0.05) is 6.26 Å². The van der Waals surface area contributed by atoms with Crippen molar-refractivity contribution >= 4 is 21.3 Å². The van der Waals surface area contributed by atoms with E-state index in [0.717, 1.165) is 18.4 Å². The molecule has 3 aromatic heterocycles. The van der Waals surface area contributed by atoms with Gasteiger partial charge in [0.05, 0.1) is 24.6 Å². The van der Waals surface area contributed by atoms with Gasteiger partial charge < -0.3 is 15.0 Å². The van der Waals surface area contributed by atoms with Crippen LogP contribution in [0.15, 0.2) is 41.8 Å². The predicted octanol–water partition coefficient (Wildman–Crippen LogP) is 3.45. The van der Waals surface area contributed by atoms with E-state index in [1.54, 1.807) is 0 Å². The Kier molecular flexibility index (Phi) is 5.82. The number of halogens is 6. The van der Waals surface area contributed by atoms with E-state index in [-0.39, 0.29) is 23.8 Å². The number of H-pyrrole nitrogens is 1. The van der Waals surface area contributed by atoms with E-state index in [9.17, 15) is 34.8 Å². The third kappa shape index (κ3) is 5.44. The lowest BCUT2D eigenvalue weighted by Crippen LogP contribution is -2.16. The molecule has 0 amide bonds. The number of hydrogen-bond donors (Lipinski definition) is 2. The summed E-state index contributed by atoms with van der Waals surface area (Å²) < 4.78 is 105. The van der Waals surface area contributed by atoms with Gasteiger partial charge in [0.25, 0.3) is 5.16 Å². The minimum atomic E-state index is -4.85. The quantitative estimate of drug-likeness (QED) is 0.370. The fourth-order valence-electron chi connectivity index (χ4n) is 2.93. The highest BCUT2D eigenvalue weighted by Gasteiger charge is 2.36. The van der Waals surface area contributed by atoms with Gasteiger partial charge in [-0.1, -0.05) is 0 Å². The van der Waals surface area contributed by atoms with Gasteiger partial charge in [-0.15, -0.1) is 18.3 Å². The largest absolute Gasteiger partial charge is 0.573 e. The smallest absolute Gasteiger partial charge is 0.406 e. The molecule has 0 aliphatic heterocycles. The Morgan fingerprint density at radius 3 is 2.34 bits per heavy atom. The zero-order valence-corrected chi connectivity index (χ0v) is 18.1. The number of benzene rings is 1. The van der Waals surface area contributed by atoms with E-state index in [1.807, 2.05) is 0 Å². The van der Waals surface area contributed by atoms with Crippen molar-refractivity contribution in [1.29, 1.82) is 0 Å². The van der Waals surface area contributed by atoms with Crippen LogP contribution >= 0.6 is 0 Å². The van der Waals surface area contributed by atoms with Crippen molar-refractivity contribution in [3.63, 3.8) is 0 Å². The van der Waals surface area contributed by atoms with Gasteiger partial charge in [0.15, 0.2) is 17.2 Å². The van der Waals surface area contributed by atoms with E-state index >= 15 is 0 Å². The molecule has 0 aliphatic carbocycles. The van der Waals surface area contributed by atoms with Gasteiger partial charge in [-0.2, -0.15) is 18.2 Å². The van der Waals surface area contributed by atoms with E-state index in [2.05, 4.69) is 35.1 Å². The molecule has 0 spiro atoms. The second-order valence-electron chi connectivity index (χ2n) is 7.06. The molecule has 4 rings (SSSR count). The molecule has 186 valence electrons. The molecule has 2 N–H and O–H groups in total. The second kappa shape index (κ2) is 8.40. The number of fused-ring (bicyclic) bond motifs is 1. The number of rotatable bonds is 6. The van der Waals surface area contributed by atoms with Crippen molar-refractivity contribution in [1.82, 2.24) is 29.5 Å². The van der Waals surface area contributed by atoms with E-state index in [0.29, 0.717) is 22.0 Å². The highest BCUT2D eigenvalue weighted by Crippen LogP contribution is 2.31. The van der Waals surface area contributed by atoms with Crippen LogP contribution in [0.2, 0.25) is 0 Å². The van der Waals surface area contributed by atoms with Gasteiger partial charge in [-0.3, -0.25) is 0 Å². The van der Waals surface area contributed by atoms with Crippen LogP contribution < -0.4 is 10.1 Å². The summed E-state index contributed by atoms with van der Waals surface area (Å²) in [4.78, 5) is 14.4. The Bertz CT molecular complexity index is 1480. The number of ether oxygens (including phenoxy) is 1. The molecule has 1 aromatic carbocycles. The zero-order chi connectivity index (χ0) is 25.6. The van der Waals surface area contributed by atoms with E-state index in [4.69, 9.17) is 0 Å². The minimum absolute atomic E-state index is 0.140. The number of aromatic nitrogens is 6. The first kappa shape index (κ1) is 24.2. The summed E-state index contributed by atoms with van der Waals surface area (Å²) in [5, 5.41) is 5.28. The molecule has 0 saturated carbocycles. The first-order valence-corrected chi connectivity index (χ1v) is 11.3. The number of hydrogen-bond acceptors (Lipinski definition) is 8. The van der Waals surface area contributed by atoms with Gasteiger partial charge >= 0.3 is 12.5 Å². The van der Waals surface area contributed by atoms with Gasteiger partial charge in [-0.05, 0) is 29.8 Å². The molecule has 0 fully saturated rings. The third-order valence-corrected chi connectivity index (χ3v) is 5.25. The maximum atomic E-state index is 13.3. The van der Waals surface area contributed by atoms with Crippen molar-refractivity contribution in [2.75, 3.05) is 11.6 Å². The summed E-state index contributed by atoms with van der Waals surface area (Å²) in [6, 6.07) is 4.95. The molecule has 0 radical (unpaired) electrons. The van der Waals surface area contributed by atoms with E-state index < -0.39 is 39.0 Å². The fraction of sp³-hybridized carbons (Fsp3) is 0.222. The number of nitrogens with one attached hydrogen (secondary N) is 2. The predicted molar refractivity (Wildman–Crippen MR) is 107 cm³/mol. The molecular weight excluding hydrogens is 508 g/mol. The van der Waals surface area contributed by atoms with E-state index in [1.165, 1.54) is 18.3 Å². The number of sulfone groups is 1. The Morgan fingerprint density at radius 2 is 1.74 bits per heavy atom.